The fourth-order valence-electron chi connectivity index (χ4n) is 2.38. The maximum atomic E-state index is 8.82. The molecule has 2 heterocycles. The topological polar surface area (TPSA) is 65.5 Å². The number of nitrogens with zero attached hydrogens (tertiary/aromatic N) is 3. The summed E-state index contributed by atoms with van der Waals surface area (Å²) in [5.41, 5.74) is 4.78. The van der Waals surface area contributed by atoms with Crippen LogP contribution in [0.4, 0.5) is 0 Å². The summed E-state index contributed by atoms with van der Waals surface area (Å²) in [5.74, 6) is 0. The largest absolute Gasteiger partial charge is 0.332 e. The van der Waals surface area contributed by atoms with Crippen LogP contribution < -0.4 is 0 Å². The van der Waals surface area contributed by atoms with Gasteiger partial charge in [0, 0.05) is 30.9 Å². The van der Waals surface area contributed by atoms with E-state index in [1.54, 1.807) is 11.3 Å². The van der Waals surface area contributed by atoms with Gasteiger partial charge < -0.3 is 9.98 Å². The van der Waals surface area contributed by atoms with Crippen LogP contribution in [0.3, 0.4) is 0 Å². The molecular weight excluding hydrogens is 280 g/mol. The quantitative estimate of drug-likeness (QED) is 0.752. The predicted octanol–water partition coefficient (Wildman–Crippen LogP) is 3.40. The summed E-state index contributed by atoms with van der Waals surface area (Å²) < 4.78 is 3.11. The summed E-state index contributed by atoms with van der Waals surface area (Å²) in [6.07, 6.45) is 2.16. The SMILES string of the molecule is Cc1c(C=N)c2sc(Cc3ccc(C#N)cc3)nc2n1C. The zero-order chi connectivity index (χ0) is 15.0. The molecule has 0 radical (unpaired) electrons. The van der Waals surface area contributed by atoms with Crippen molar-refractivity contribution < 1.29 is 0 Å². The summed E-state index contributed by atoms with van der Waals surface area (Å²) in [4.78, 5) is 4.69. The van der Waals surface area contributed by atoms with Gasteiger partial charge >= 0.3 is 0 Å². The van der Waals surface area contributed by atoms with Crippen LogP contribution >= 0.6 is 11.3 Å². The molecule has 0 amide bonds. The van der Waals surface area contributed by atoms with Gasteiger partial charge in [0.05, 0.1) is 16.3 Å². The van der Waals surface area contributed by atoms with Crippen molar-refractivity contribution in [2.45, 2.75) is 13.3 Å². The second-order valence-electron chi connectivity index (χ2n) is 4.95. The highest BCUT2D eigenvalue weighted by atomic mass is 32.1. The van der Waals surface area contributed by atoms with Crippen LogP contribution in [0.5, 0.6) is 0 Å². The number of benzene rings is 1. The molecule has 1 aromatic carbocycles. The summed E-state index contributed by atoms with van der Waals surface area (Å²) in [5, 5.41) is 17.4. The molecule has 0 saturated heterocycles. The molecule has 0 fully saturated rings. The summed E-state index contributed by atoms with van der Waals surface area (Å²) in [7, 11) is 1.98. The monoisotopic (exact) mass is 294 g/mol. The number of fused-ring (bicyclic) bond motifs is 1. The molecule has 0 atom stereocenters. The second kappa shape index (κ2) is 5.15. The molecule has 1 N–H and O–H groups in total. The van der Waals surface area contributed by atoms with E-state index in [1.165, 1.54) is 6.21 Å². The molecule has 0 spiro atoms. The highest BCUT2D eigenvalue weighted by Gasteiger charge is 2.15. The van der Waals surface area contributed by atoms with Crippen LogP contribution in [0.2, 0.25) is 0 Å². The van der Waals surface area contributed by atoms with E-state index in [4.69, 9.17) is 15.7 Å². The standard InChI is InChI=1S/C16H14N4S/c1-10-13(9-18)15-16(20(10)2)19-14(21-15)7-11-3-5-12(8-17)6-4-11/h3-6,9,18H,7H2,1-2H3. The molecule has 4 nitrogen and oxygen atoms in total. The highest BCUT2D eigenvalue weighted by Crippen LogP contribution is 2.30. The van der Waals surface area contributed by atoms with Gasteiger partial charge in [-0.05, 0) is 24.6 Å². The van der Waals surface area contributed by atoms with Crippen molar-refractivity contribution in [2.24, 2.45) is 7.05 Å². The van der Waals surface area contributed by atoms with Gasteiger partial charge in [0.25, 0.3) is 0 Å². The average Bonchev–Trinajstić information content (AvgIpc) is 2.99. The first-order chi connectivity index (χ1) is 10.1. The minimum Gasteiger partial charge on any atom is -0.332 e. The van der Waals surface area contributed by atoms with Gasteiger partial charge in [-0.15, -0.1) is 11.3 Å². The molecular formula is C16H14N4S. The van der Waals surface area contributed by atoms with Gasteiger partial charge in [-0.3, -0.25) is 0 Å². The molecule has 0 aliphatic rings. The first kappa shape index (κ1) is 13.5. The van der Waals surface area contributed by atoms with Gasteiger partial charge in [0.1, 0.15) is 5.01 Å². The molecule has 21 heavy (non-hydrogen) atoms. The van der Waals surface area contributed by atoms with Crippen LogP contribution in [-0.4, -0.2) is 15.8 Å². The highest BCUT2D eigenvalue weighted by molar-refractivity contribution is 7.19. The first-order valence-electron chi connectivity index (χ1n) is 6.58. The molecule has 0 bridgehead atoms. The van der Waals surface area contributed by atoms with E-state index in [9.17, 15) is 0 Å². The Morgan fingerprint density at radius 2 is 2.10 bits per heavy atom. The van der Waals surface area contributed by atoms with E-state index in [2.05, 4.69) is 6.07 Å². The molecule has 3 rings (SSSR count). The Morgan fingerprint density at radius 3 is 2.71 bits per heavy atom. The zero-order valence-corrected chi connectivity index (χ0v) is 12.7. The number of aromatic nitrogens is 2. The van der Waals surface area contributed by atoms with Crippen molar-refractivity contribution >= 4 is 27.9 Å². The van der Waals surface area contributed by atoms with E-state index in [-0.39, 0.29) is 0 Å². The van der Waals surface area contributed by atoms with Crippen LogP contribution in [-0.2, 0) is 13.5 Å². The Balaban J connectivity index is 1.98. The maximum Gasteiger partial charge on any atom is 0.151 e. The van der Waals surface area contributed by atoms with Crippen LogP contribution in [0.1, 0.15) is 27.4 Å². The predicted molar refractivity (Wildman–Crippen MR) is 85.2 cm³/mol. The number of rotatable bonds is 3. The van der Waals surface area contributed by atoms with E-state index in [0.717, 1.165) is 38.6 Å². The zero-order valence-electron chi connectivity index (χ0n) is 11.8. The Kier molecular flexibility index (Phi) is 3.32. The van der Waals surface area contributed by atoms with Crippen molar-refractivity contribution in [1.29, 1.82) is 10.7 Å². The lowest BCUT2D eigenvalue weighted by Crippen LogP contribution is -1.94. The lowest BCUT2D eigenvalue weighted by molar-refractivity contribution is 0.898. The van der Waals surface area contributed by atoms with Gasteiger partial charge in [-0.1, -0.05) is 12.1 Å². The normalized spacial score (nSPS) is 10.7. The lowest BCUT2D eigenvalue weighted by atomic mass is 10.1. The summed E-state index contributed by atoms with van der Waals surface area (Å²) in [6.45, 7) is 2.01. The van der Waals surface area contributed by atoms with E-state index in [1.807, 2.05) is 42.8 Å². The van der Waals surface area contributed by atoms with Gasteiger partial charge in [0.2, 0.25) is 0 Å². The summed E-state index contributed by atoms with van der Waals surface area (Å²) >= 11 is 1.64. The number of hydrogen-bond donors (Lipinski definition) is 1. The van der Waals surface area contributed by atoms with Crippen LogP contribution in [0.25, 0.3) is 10.3 Å². The van der Waals surface area contributed by atoms with Crippen LogP contribution in [0.15, 0.2) is 24.3 Å². The van der Waals surface area contributed by atoms with Crippen molar-refractivity contribution in [1.82, 2.24) is 9.55 Å². The number of nitriles is 1. The lowest BCUT2D eigenvalue weighted by Gasteiger charge is -1.99. The third-order valence-electron chi connectivity index (χ3n) is 3.69. The number of aryl methyl sites for hydroxylation is 1. The van der Waals surface area contributed by atoms with E-state index >= 15 is 0 Å². The van der Waals surface area contributed by atoms with Crippen molar-refractivity contribution in [3.05, 3.63) is 51.7 Å². The second-order valence-corrected chi connectivity index (χ2v) is 6.03. The van der Waals surface area contributed by atoms with Gasteiger partial charge in [-0.25, -0.2) is 4.98 Å². The molecule has 0 saturated carbocycles. The molecule has 2 aromatic heterocycles. The average molecular weight is 294 g/mol. The van der Waals surface area contributed by atoms with Crippen molar-refractivity contribution in [3.8, 4) is 6.07 Å². The minimum absolute atomic E-state index is 0.671. The molecule has 0 aliphatic carbocycles. The first-order valence-corrected chi connectivity index (χ1v) is 7.40. The maximum absolute atomic E-state index is 8.82. The third-order valence-corrected chi connectivity index (χ3v) is 4.77. The number of hydrogen-bond acceptors (Lipinski definition) is 4. The fourth-order valence-corrected chi connectivity index (χ4v) is 3.58. The summed E-state index contributed by atoms with van der Waals surface area (Å²) in [6, 6.07) is 9.71. The Labute approximate surface area is 126 Å². The van der Waals surface area contributed by atoms with Crippen LogP contribution in [0, 0.1) is 23.7 Å². The van der Waals surface area contributed by atoms with E-state index in [0.29, 0.717) is 5.56 Å². The Hall–Kier alpha value is -2.45. The molecule has 3 aromatic rings. The van der Waals surface area contributed by atoms with E-state index < -0.39 is 0 Å². The number of nitrogens with one attached hydrogen (secondary N) is 1. The fraction of sp³-hybridized carbons (Fsp3) is 0.188. The Bertz CT molecular complexity index is 862. The third kappa shape index (κ3) is 2.24. The molecule has 0 aliphatic heterocycles. The molecule has 104 valence electrons. The van der Waals surface area contributed by atoms with Gasteiger partial charge in [-0.2, -0.15) is 5.26 Å². The molecule has 5 heteroatoms. The smallest absolute Gasteiger partial charge is 0.151 e. The number of thiazole rings is 1. The van der Waals surface area contributed by atoms with Gasteiger partial charge in [0.15, 0.2) is 5.65 Å². The molecule has 0 unspecified atom stereocenters. The minimum atomic E-state index is 0.671. The Morgan fingerprint density at radius 1 is 1.38 bits per heavy atom. The van der Waals surface area contributed by atoms with Crippen molar-refractivity contribution in [2.75, 3.05) is 0 Å². The van der Waals surface area contributed by atoms with Crippen molar-refractivity contribution in [3.63, 3.8) is 0 Å².